The zero-order valence-electron chi connectivity index (χ0n) is 24.9. The van der Waals surface area contributed by atoms with Gasteiger partial charge in [0, 0.05) is 50.2 Å². The highest BCUT2D eigenvalue weighted by Gasteiger charge is 2.31. The standard InChI is InChI=1S/C32H40N8O2/c1-6-28(22-7-8-22)40-20-25(19-34-40)24-9-10-26-27(17-24)36-30(35-26)37-29-18-23(11-12-33-29)21(2)38-13-15-39(16-14-38)31(41)42-32(3,4)5/h6,9-12,17-22,28H,1,7-8,13-16H2,2-5H3,(H2,33,35,36,37). The van der Waals surface area contributed by atoms with Crippen molar-refractivity contribution in [2.24, 2.45) is 5.92 Å². The summed E-state index contributed by atoms with van der Waals surface area (Å²) in [5.74, 6) is 2.02. The van der Waals surface area contributed by atoms with Crippen LogP contribution in [0.15, 0.2) is 61.6 Å². The highest BCUT2D eigenvalue weighted by atomic mass is 16.6. The molecule has 2 unspecified atom stereocenters. The third-order valence-corrected chi connectivity index (χ3v) is 8.10. The van der Waals surface area contributed by atoms with Crippen LogP contribution >= 0.6 is 0 Å². The fourth-order valence-corrected chi connectivity index (χ4v) is 5.58. The molecular weight excluding hydrogens is 528 g/mol. The Morgan fingerprint density at radius 2 is 1.93 bits per heavy atom. The summed E-state index contributed by atoms with van der Waals surface area (Å²) in [6, 6.07) is 10.8. The Kier molecular flexibility index (Phi) is 7.49. The number of rotatable bonds is 8. The zero-order valence-corrected chi connectivity index (χ0v) is 24.9. The number of carbonyl (C=O) groups is 1. The van der Waals surface area contributed by atoms with Gasteiger partial charge in [-0.3, -0.25) is 9.58 Å². The van der Waals surface area contributed by atoms with Crippen LogP contribution in [0.25, 0.3) is 22.2 Å². The number of allylic oxidation sites excluding steroid dienone is 1. The Hall–Kier alpha value is -4.18. The van der Waals surface area contributed by atoms with Crippen molar-refractivity contribution in [1.82, 2.24) is 34.5 Å². The van der Waals surface area contributed by atoms with Crippen molar-refractivity contribution in [1.29, 1.82) is 0 Å². The predicted octanol–water partition coefficient (Wildman–Crippen LogP) is 6.32. The average Bonchev–Trinajstić information content (AvgIpc) is 3.53. The summed E-state index contributed by atoms with van der Waals surface area (Å²) in [6.45, 7) is 14.7. The van der Waals surface area contributed by atoms with E-state index >= 15 is 0 Å². The summed E-state index contributed by atoms with van der Waals surface area (Å²) in [5, 5.41) is 7.97. The van der Waals surface area contributed by atoms with Gasteiger partial charge >= 0.3 is 6.09 Å². The number of imidazole rings is 1. The van der Waals surface area contributed by atoms with Crippen molar-refractivity contribution in [2.45, 2.75) is 58.2 Å². The molecule has 2 fully saturated rings. The summed E-state index contributed by atoms with van der Waals surface area (Å²) < 4.78 is 7.57. The van der Waals surface area contributed by atoms with Crippen LogP contribution in [0.2, 0.25) is 0 Å². The van der Waals surface area contributed by atoms with E-state index < -0.39 is 5.60 Å². The lowest BCUT2D eigenvalue weighted by Crippen LogP contribution is -2.50. The maximum atomic E-state index is 12.4. The van der Waals surface area contributed by atoms with E-state index in [2.05, 4.69) is 63.2 Å². The van der Waals surface area contributed by atoms with E-state index in [-0.39, 0.29) is 18.2 Å². The molecule has 4 heterocycles. The van der Waals surface area contributed by atoms with E-state index in [9.17, 15) is 4.79 Å². The fourth-order valence-electron chi connectivity index (χ4n) is 5.58. The predicted molar refractivity (Wildman–Crippen MR) is 165 cm³/mol. The molecule has 0 radical (unpaired) electrons. The molecule has 2 N–H and O–H groups in total. The van der Waals surface area contributed by atoms with Gasteiger partial charge in [0.2, 0.25) is 5.95 Å². The lowest BCUT2D eigenvalue weighted by atomic mass is 10.1. The summed E-state index contributed by atoms with van der Waals surface area (Å²) in [7, 11) is 0. The number of carbonyl (C=O) groups excluding carboxylic acids is 1. The minimum absolute atomic E-state index is 0.175. The van der Waals surface area contributed by atoms with E-state index in [4.69, 9.17) is 9.72 Å². The van der Waals surface area contributed by atoms with E-state index in [0.29, 0.717) is 25.0 Å². The molecule has 2 atom stereocenters. The largest absolute Gasteiger partial charge is 0.444 e. The number of amides is 1. The summed E-state index contributed by atoms with van der Waals surface area (Å²) >= 11 is 0. The van der Waals surface area contributed by atoms with E-state index in [1.54, 1.807) is 4.90 Å². The highest BCUT2D eigenvalue weighted by Crippen LogP contribution is 2.40. The smallest absolute Gasteiger partial charge is 0.410 e. The van der Waals surface area contributed by atoms with Crippen LogP contribution < -0.4 is 5.32 Å². The summed E-state index contributed by atoms with van der Waals surface area (Å²) in [5.41, 5.74) is 4.64. The number of H-pyrrole nitrogens is 1. The number of nitrogens with zero attached hydrogens (tertiary/aromatic N) is 6. The Morgan fingerprint density at radius 3 is 2.64 bits per heavy atom. The molecular formula is C32H40N8O2. The van der Waals surface area contributed by atoms with Gasteiger partial charge in [-0.15, -0.1) is 6.58 Å². The van der Waals surface area contributed by atoms with Crippen molar-refractivity contribution < 1.29 is 9.53 Å². The number of hydrogen-bond acceptors (Lipinski definition) is 7. The van der Waals surface area contributed by atoms with Gasteiger partial charge in [0.15, 0.2) is 0 Å². The first-order valence-corrected chi connectivity index (χ1v) is 14.8. The Balaban J connectivity index is 1.10. The molecule has 0 bridgehead atoms. The van der Waals surface area contributed by atoms with Crippen molar-refractivity contribution in [3.63, 3.8) is 0 Å². The number of aromatic amines is 1. The van der Waals surface area contributed by atoms with Crippen LogP contribution in [0.4, 0.5) is 16.6 Å². The maximum absolute atomic E-state index is 12.4. The monoisotopic (exact) mass is 568 g/mol. The van der Waals surface area contributed by atoms with E-state index in [1.165, 1.54) is 12.8 Å². The first-order valence-electron chi connectivity index (χ1n) is 14.8. The summed E-state index contributed by atoms with van der Waals surface area (Å²) in [4.78, 5) is 29.3. The van der Waals surface area contributed by atoms with Crippen LogP contribution in [0.1, 0.15) is 58.2 Å². The topological polar surface area (TPSA) is 104 Å². The van der Waals surface area contributed by atoms with Crippen molar-refractivity contribution in [2.75, 3.05) is 31.5 Å². The second-order valence-corrected chi connectivity index (χ2v) is 12.4. The Bertz CT molecular complexity index is 1570. The van der Waals surface area contributed by atoms with Gasteiger partial charge in [-0.05, 0) is 81.8 Å². The van der Waals surface area contributed by atoms with E-state index in [1.807, 2.05) is 56.1 Å². The minimum atomic E-state index is -0.487. The Labute approximate surface area is 246 Å². The van der Waals surface area contributed by atoms with Gasteiger partial charge in [0.05, 0.1) is 23.3 Å². The van der Waals surface area contributed by atoms with Crippen molar-refractivity contribution >= 4 is 28.9 Å². The average molecular weight is 569 g/mol. The molecule has 220 valence electrons. The lowest BCUT2D eigenvalue weighted by molar-refractivity contribution is 0.0110. The SMILES string of the molecule is C=CC(C1CC1)n1cc(-c2ccc3nc(Nc4cc(C(C)N5CCN(C(=O)OC(C)(C)C)CC5)ccn4)[nH]c3c2)cn1. The molecule has 0 spiro atoms. The third kappa shape index (κ3) is 6.18. The van der Waals surface area contributed by atoms with Crippen LogP contribution in [-0.2, 0) is 4.74 Å². The number of piperazine rings is 1. The van der Waals surface area contributed by atoms with Gasteiger partial charge < -0.3 is 19.9 Å². The van der Waals surface area contributed by atoms with Gasteiger partial charge in [0.25, 0.3) is 0 Å². The van der Waals surface area contributed by atoms with Gasteiger partial charge in [-0.1, -0.05) is 12.1 Å². The van der Waals surface area contributed by atoms with Gasteiger partial charge in [-0.2, -0.15) is 5.10 Å². The number of nitrogens with one attached hydrogen (secondary N) is 2. The number of fused-ring (bicyclic) bond motifs is 1. The molecule has 1 amide bonds. The number of pyridine rings is 1. The van der Waals surface area contributed by atoms with E-state index in [0.717, 1.165) is 46.6 Å². The molecule has 1 aliphatic carbocycles. The first kappa shape index (κ1) is 28.0. The molecule has 2 aliphatic rings. The second-order valence-electron chi connectivity index (χ2n) is 12.4. The summed E-state index contributed by atoms with van der Waals surface area (Å²) in [6.07, 6.45) is 10.1. The molecule has 1 aliphatic heterocycles. The quantitative estimate of drug-likeness (QED) is 0.240. The normalized spacial score (nSPS) is 17.7. The minimum Gasteiger partial charge on any atom is -0.444 e. The number of anilines is 2. The van der Waals surface area contributed by atoms with Crippen LogP contribution in [-0.4, -0.2) is 72.4 Å². The molecule has 6 rings (SSSR count). The van der Waals surface area contributed by atoms with Crippen molar-refractivity contribution in [3.8, 4) is 11.1 Å². The molecule has 10 heteroatoms. The molecule has 1 saturated heterocycles. The third-order valence-electron chi connectivity index (χ3n) is 8.10. The number of hydrogen-bond donors (Lipinski definition) is 2. The fraction of sp³-hybridized carbons (Fsp3) is 0.438. The lowest BCUT2D eigenvalue weighted by Gasteiger charge is -2.38. The molecule has 1 saturated carbocycles. The van der Waals surface area contributed by atoms with Crippen molar-refractivity contribution in [3.05, 3.63) is 67.1 Å². The van der Waals surface area contributed by atoms with Crippen LogP contribution in [0.3, 0.4) is 0 Å². The second kappa shape index (κ2) is 11.2. The number of aromatic nitrogens is 5. The number of ether oxygens (including phenoxy) is 1. The molecule has 3 aromatic heterocycles. The Morgan fingerprint density at radius 1 is 1.14 bits per heavy atom. The maximum Gasteiger partial charge on any atom is 0.410 e. The number of benzene rings is 1. The molecule has 10 nitrogen and oxygen atoms in total. The molecule has 1 aromatic carbocycles. The van der Waals surface area contributed by atoms with Gasteiger partial charge in [-0.25, -0.2) is 14.8 Å². The van der Waals surface area contributed by atoms with Gasteiger partial charge in [0.1, 0.15) is 11.4 Å². The zero-order chi connectivity index (χ0) is 29.4. The molecule has 42 heavy (non-hydrogen) atoms. The van der Waals surface area contributed by atoms with Crippen LogP contribution in [0, 0.1) is 5.92 Å². The molecule has 4 aromatic rings. The first-order chi connectivity index (χ1) is 20.2. The van der Waals surface area contributed by atoms with Crippen LogP contribution in [0.5, 0.6) is 0 Å². The highest BCUT2D eigenvalue weighted by molar-refractivity contribution is 5.83.